The number of ether oxygens (including phenoxy) is 2. The summed E-state index contributed by atoms with van der Waals surface area (Å²) in [6.45, 7) is 8.60. The van der Waals surface area contributed by atoms with E-state index in [1.165, 1.54) is 6.92 Å². The minimum absolute atomic E-state index is 0.0111. The maximum absolute atomic E-state index is 14.5. The van der Waals surface area contributed by atoms with Gasteiger partial charge in [-0.2, -0.15) is 0 Å². The number of hydrogen-bond donors (Lipinski definition) is 0. The van der Waals surface area contributed by atoms with E-state index in [1.54, 1.807) is 12.2 Å². The Balaban J connectivity index is 2.89. The van der Waals surface area contributed by atoms with Crippen molar-refractivity contribution >= 4 is 0 Å². The molecule has 0 radical (unpaired) electrons. The molecule has 146 valence electrons. The van der Waals surface area contributed by atoms with Crippen LogP contribution in [0.25, 0.3) is 0 Å². The lowest BCUT2D eigenvalue weighted by Gasteiger charge is -2.21. The van der Waals surface area contributed by atoms with Crippen LogP contribution in [0.2, 0.25) is 0 Å². The highest BCUT2D eigenvalue weighted by molar-refractivity contribution is 5.41. The Hall–Kier alpha value is -1.52. The van der Waals surface area contributed by atoms with Crippen molar-refractivity contribution < 1.29 is 18.3 Å². The first-order chi connectivity index (χ1) is 12.5. The average molecular weight is 366 g/mol. The van der Waals surface area contributed by atoms with Crippen LogP contribution in [0.3, 0.4) is 0 Å². The van der Waals surface area contributed by atoms with Crippen molar-refractivity contribution in [3.8, 4) is 0 Å². The summed E-state index contributed by atoms with van der Waals surface area (Å²) in [5, 5.41) is 0. The van der Waals surface area contributed by atoms with Gasteiger partial charge in [0.15, 0.2) is 11.7 Å². The second-order valence-electron chi connectivity index (χ2n) is 6.50. The monoisotopic (exact) mass is 366 g/mol. The molecule has 0 aromatic carbocycles. The van der Waals surface area contributed by atoms with Crippen molar-refractivity contribution in [2.75, 3.05) is 26.4 Å². The van der Waals surface area contributed by atoms with E-state index in [0.717, 1.165) is 18.9 Å². The fraction of sp³-hybridized carbons (Fsp3) is 0.545. The van der Waals surface area contributed by atoms with Gasteiger partial charge in [-0.15, -0.1) is 0 Å². The zero-order valence-corrected chi connectivity index (χ0v) is 16.4. The first kappa shape index (κ1) is 22.5. The van der Waals surface area contributed by atoms with Crippen LogP contribution in [0.5, 0.6) is 0 Å². The molecule has 2 nitrogen and oxygen atoms in total. The fourth-order valence-electron chi connectivity index (χ4n) is 2.70. The van der Waals surface area contributed by atoms with Crippen molar-refractivity contribution in [1.82, 2.24) is 0 Å². The smallest absolute Gasteiger partial charge is 0.164 e. The minimum atomic E-state index is -0.883. The molecule has 0 N–H and O–H groups in total. The molecule has 0 spiro atoms. The van der Waals surface area contributed by atoms with Gasteiger partial charge in [-0.25, -0.2) is 8.78 Å². The summed E-state index contributed by atoms with van der Waals surface area (Å²) in [5.74, 6) is -0.761. The van der Waals surface area contributed by atoms with Gasteiger partial charge in [0.2, 0.25) is 0 Å². The largest absolute Gasteiger partial charge is 0.377 e. The molecule has 26 heavy (non-hydrogen) atoms. The maximum atomic E-state index is 14.5. The van der Waals surface area contributed by atoms with Gasteiger partial charge >= 0.3 is 0 Å². The van der Waals surface area contributed by atoms with Crippen LogP contribution in [0.1, 0.15) is 40.5 Å². The van der Waals surface area contributed by atoms with Gasteiger partial charge in [0.25, 0.3) is 0 Å². The molecule has 1 aliphatic carbocycles. The summed E-state index contributed by atoms with van der Waals surface area (Å²) in [6.07, 6.45) is 13.2. The summed E-state index contributed by atoms with van der Waals surface area (Å²) in [4.78, 5) is 0. The van der Waals surface area contributed by atoms with E-state index in [4.69, 9.17) is 9.47 Å². The normalized spacial score (nSPS) is 22.8. The second-order valence-corrected chi connectivity index (χ2v) is 6.50. The summed E-state index contributed by atoms with van der Waals surface area (Å²) < 4.78 is 39.5. The summed E-state index contributed by atoms with van der Waals surface area (Å²) >= 11 is 0. The molecular formula is C22H32F2O2. The zero-order valence-electron chi connectivity index (χ0n) is 16.4. The van der Waals surface area contributed by atoms with Crippen LogP contribution in [0.4, 0.5) is 8.78 Å². The third-order valence-electron chi connectivity index (χ3n) is 4.35. The van der Waals surface area contributed by atoms with Gasteiger partial charge in [-0.3, -0.25) is 0 Å². The third-order valence-corrected chi connectivity index (χ3v) is 4.35. The summed E-state index contributed by atoms with van der Waals surface area (Å²) in [6, 6.07) is 0. The van der Waals surface area contributed by atoms with Gasteiger partial charge in [0.05, 0.1) is 19.8 Å². The highest BCUT2D eigenvalue weighted by Gasteiger charge is 2.17. The molecule has 1 rings (SSSR count). The quantitative estimate of drug-likeness (QED) is 0.336. The van der Waals surface area contributed by atoms with E-state index >= 15 is 0 Å². The lowest BCUT2D eigenvalue weighted by molar-refractivity contribution is 0.122. The molecule has 0 aliphatic heterocycles. The van der Waals surface area contributed by atoms with Crippen molar-refractivity contribution in [1.29, 1.82) is 0 Å². The Morgan fingerprint density at radius 2 is 1.88 bits per heavy atom. The zero-order chi connectivity index (χ0) is 19.4. The molecule has 0 amide bonds. The SMILES string of the molecule is C\C=C/C=C(COCC1C=CC(C)CC1)/C(COCC)=C(F)/C(F)=C\C. The first-order valence-corrected chi connectivity index (χ1v) is 9.40. The number of allylic oxidation sites excluding steroid dienone is 7. The van der Waals surface area contributed by atoms with Crippen LogP contribution < -0.4 is 0 Å². The van der Waals surface area contributed by atoms with Crippen LogP contribution >= 0.6 is 0 Å². The van der Waals surface area contributed by atoms with E-state index in [0.29, 0.717) is 30.6 Å². The van der Waals surface area contributed by atoms with Crippen molar-refractivity contribution in [3.05, 3.63) is 59.3 Å². The molecule has 0 fully saturated rings. The van der Waals surface area contributed by atoms with Gasteiger partial charge in [-0.1, -0.05) is 37.3 Å². The Morgan fingerprint density at radius 3 is 2.46 bits per heavy atom. The molecule has 0 bridgehead atoms. The Labute approximate surface area is 157 Å². The van der Waals surface area contributed by atoms with Gasteiger partial charge < -0.3 is 9.47 Å². The minimum Gasteiger partial charge on any atom is -0.377 e. The fourth-order valence-corrected chi connectivity index (χ4v) is 2.70. The van der Waals surface area contributed by atoms with Crippen molar-refractivity contribution in [3.63, 3.8) is 0 Å². The summed E-state index contributed by atoms with van der Waals surface area (Å²) in [5.41, 5.74) is 0.799. The maximum Gasteiger partial charge on any atom is 0.164 e. The number of halogens is 2. The van der Waals surface area contributed by atoms with Gasteiger partial charge in [-0.05, 0) is 51.2 Å². The molecule has 0 heterocycles. The topological polar surface area (TPSA) is 18.5 Å². The molecular weight excluding hydrogens is 334 g/mol. The van der Waals surface area contributed by atoms with E-state index in [1.807, 2.05) is 19.9 Å². The molecule has 0 aromatic rings. The Kier molecular flexibility index (Phi) is 11.1. The average Bonchev–Trinajstić information content (AvgIpc) is 2.66. The number of rotatable bonds is 10. The second kappa shape index (κ2) is 12.8. The molecule has 1 aliphatic rings. The van der Waals surface area contributed by atoms with Crippen LogP contribution in [-0.2, 0) is 9.47 Å². The standard InChI is InChI=1S/C22H32F2O2/c1-5-8-9-19(15-26-14-18-12-10-17(4)11-13-18)20(16-25-7-3)22(24)21(23)6-2/h5-6,8-10,12,17-18H,7,11,13-16H2,1-4H3/b8-5-,19-9+,21-6+,22-20-. The van der Waals surface area contributed by atoms with Crippen molar-refractivity contribution in [2.24, 2.45) is 11.8 Å². The Bertz CT molecular complexity index is 571. The Morgan fingerprint density at radius 1 is 1.12 bits per heavy atom. The summed E-state index contributed by atoms with van der Waals surface area (Å²) in [7, 11) is 0. The molecule has 0 aromatic heterocycles. The highest BCUT2D eigenvalue weighted by atomic mass is 19.2. The van der Waals surface area contributed by atoms with Crippen LogP contribution in [0.15, 0.2) is 59.3 Å². The lowest BCUT2D eigenvalue weighted by Crippen LogP contribution is -2.15. The highest BCUT2D eigenvalue weighted by Crippen LogP contribution is 2.26. The van der Waals surface area contributed by atoms with E-state index in [2.05, 4.69) is 19.1 Å². The molecule has 4 heteroatoms. The predicted molar refractivity (Wildman–Crippen MR) is 104 cm³/mol. The molecule has 2 unspecified atom stereocenters. The van der Waals surface area contributed by atoms with E-state index < -0.39 is 11.7 Å². The lowest BCUT2D eigenvalue weighted by atomic mass is 9.90. The molecule has 2 atom stereocenters. The van der Waals surface area contributed by atoms with E-state index in [-0.39, 0.29) is 18.8 Å². The first-order valence-electron chi connectivity index (χ1n) is 9.40. The van der Waals surface area contributed by atoms with Gasteiger partial charge in [0.1, 0.15) is 0 Å². The van der Waals surface area contributed by atoms with Crippen LogP contribution in [-0.4, -0.2) is 26.4 Å². The third kappa shape index (κ3) is 7.79. The van der Waals surface area contributed by atoms with Crippen molar-refractivity contribution in [2.45, 2.75) is 40.5 Å². The van der Waals surface area contributed by atoms with Crippen LogP contribution in [0, 0.1) is 11.8 Å². The van der Waals surface area contributed by atoms with Gasteiger partial charge in [0, 0.05) is 18.1 Å². The predicted octanol–water partition coefficient (Wildman–Crippen LogP) is 6.24. The molecule has 0 saturated heterocycles. The van der Waals surface area contributed by atoms with E-state index in [9.17, 15) is 8.78 Å². The number of hydrogen-bond acceptors (Lipinski definition) is 2. The molecule has 0 saturated carbocycles.